The summed E-state index contributed by atoms with van der Waals surface area (Å²) in [6.45, 7) is 0. The van der Waals surface area contributed by atoms with Crippen LogP contribution in [-0.2, 0) is 14.8 Å². The molecule has 20 heavy (non-hydrogen) atoms. The van der Waals surface area contributed by atoms with Crippen LogP contribution < -0.4 is 4.72 Å². The molecular formula is C13H16BrNO4S. The van der Waals surface area contributed by atoms with Gasteiger partial charge in [-0.2, -0.15) is 0 Å². The first-order valence-corrected chi connectivity index (χ1v) is 8.67. The van der Waals surface area contributed by atoms with Crippen LogP contribution in [0.5, 0.6) is 0 Å². The maximum absolute atomic E-state index is 12.3. The van der Waals surface area contributed by atoms with Crippen LogP contribution in [0.1, 0.15) is 25.7 Å². The zero-order valence-corrected chi connectivity index (χ0v) is 13.2. The van der Waals surface area contributed by atoms with E-state index in [1.165, 1.54) is 6.07 Å². The molecule has 0 bridgehead atoms. The SMILES string of the molecule is O=C(O)C1CCCC(NS(=O)(=O)c2ccccc2Br)C1. The average Bonchev–Trinajstić information content (AvgIpc) is 2.38. The van der Waals surface area contributed by atoms with Gasteiger partial charge >= 0.3 is 5.97 Å². The number of sulfonamides is 1. The number of benzene rings is 1. The van der Waals surface area contributed by atoms with Crippen LogP contribution in [0.15, 0.2) is 33.6 Å². The summed E-state index contributed by atoms with van der Waals surface area (Å²) in [7, 11) is -3.63. The van der Waals surface area contributed by atoms with Gasteiger partial charge in [0.05, 0.1) is 10.8 Å². The third kappa shape index (κ3) is 3.59. The molecule has 2 unspecified atom stereocenters. The van der Waals surface area contributed by atoms with Crippen molar-refractivity contribution >= 4 is 31.9 Å². The number of carboxylic acid groups (broad SMARTS) is 1. The number of carbonyl (C=O) groups is 1. The van der Waals surface area contributed by atoms with E-state index in [0.717, 1.165) is 6.42 Å². The highest BCUT2D eigenvalue weighted by atomic mass is 79.9. The molecule has 0 radical (unpaired) electrons. The minimum atomic E-state index is -3.63. The average molecular weight is 362 g/mol. The van der Waals surface area contributed by atoms with Crippen molar-refractivity contribution in [2.45, 2.75) is 36.6 Å². The Balaban J connectivity index is 2.13. The van der Waals surface area contributed by atoms with Crippen LogP contribution in [0, 0.1) is 5.92 Å². The second kappa shape index (κ2) is 6.24. The first-order valence-electron chi connectivity index (χ1n) is 6.40. The molecule has 110 valence electrons. The van der Waals surface area contributed by atoms with Crippen LogP contribution in [0.3, 0.4) is 0 Å². The highest BCUT2D eigenvalue weighted by molar-refractivity contribution is 9.10. The largest absolute Gasteiger partial charge is 0.481 e. The van der Waals surface area contributed by atoms with E-state index in [1.807, 2.05) is 0 Å². The van der Waals surface area contributed by atoms with Gasteiger partial charge in [0.15, 0.2) is 0 Å². The standard InChI is InChI=1S/C13H16BrNO4S/c14-11-6-1-2-7-12(11)20(18,19)15-10-5-3-4-9(8-10)13(16)17/h1-2,6-7,9-10,15H,3-5,8H2,(H,16,17). The van der Waals surface area contributed by atoms with Crippen LogP contribution >= 0.6 is 15.9 Å². The second-order valence-electron chi connectivity index (χ2n) is 4.95. The molecule has 1 aliphatic rings. The fraction of sp³-hybridized carbons (Fsp3) is 0.462. The van der Waals surface area contributed by atoms with E-state index >= 15 is 0 Å². The van der Waals surface area contributed by atoms with Gasteiger partial charge in [-0.05, 0) is 47.3 Å². The van der Waals surface area contributed by atoms with Crippen molar-refractivity contribution in [3.63, 3.8) is 0 Å². The van der Waals surface area contributed by atoms with E-state index in [-0.39, 0.29) is 10.9 Å². The molecule has 2 rings (SSSR count). The molecule has 1 aromatic rings. The number of nitrogens with one attached hydrogen (secondary N) is 1. The molecule has 7 heteroatoms. The third-order valence-corrected chi connectivity index (χ3v) is 6.00. The summed E-state index contributed by atoms with van der Waals surface area (Å²) in [6, 6.07) is 6.26. The van der Waals surface area contributed by atoms with Crippen molar-refractivity contribution in [1.29, 1.82) is 0 Å². The van der Waals surface area contributed by atoms with Gasteiger partial charge in [0.1, 0.15) is 0 Å². The van der Waals surface area contributed by atoms with E-state index in [1.54, 1.807) is 18.2 Å². The Morgan fingerprint density at radius 3 is 2.65 bits per heavy atom. The molecular weight excluding hydrogens is 346 g/mol. The summed E-state index contributed by atoms with van der Waals surface area (Å²) < 4.78 is 27.7. The van der Waals surface area contributed by atoms with Gasteiger partial charge in [-0.15, -0.1) is 0 Å². The number of halogens is 1. The molecule has 0 aliphatic heterocycles. The third-order valence-electron chi connectivity index (χ3n) is 3.47. The zero-order chi connectivity index (χ0) is 14.8. The zero-order valence-electron chi connectivity index (χ0n) is 10.8. The summed E-state index contributed by atoms with van der Waals surface area (Å²) in [4.78, 5) is 11.2. The highest BCUT2D eigenvalue weighted by Gasteiger charge is 2.30. The Hall–Kier alpha value is -0.920. The van der Waals surface area contributed by atoms with Crippen molar-refractivity contribution < 1.29 is 18.3 Å². The van der Waals surface area contributed by atoms with Gasteiger partial charge in [0, 0.05) is 10.5 Å². The summed E-state index contributed by atoms with van der Waals surface area (Å²) in [6.07, 6.45) is 2.36. The normalized spacial score (nSPS) is 23.4. The summed E-state index contributed by atoms with van der Waals surface area (Å²) in [5.41, 5.74) is 0. The van der Waals surface area contributed by atoms with Crippen molar-refractivity contribution in [1.82, 2.24) is 4.72 Å². The Kier molecular flexibility index (Phi) is 4.82. The van der Waals surface area contributed by atoms with Gasteiger partial charge in [-0.3, -0.25) is 4.79 Å². The first kappa shape index (κ1) is 15.5. The van der Waals surface area contributed by atoms with Crippen LogP contribution in [0.4, 0.5) is 0 Å². The number of aliphatic carboxylic acids is 1. The van der Waals surface area contributed by atoms with Gasteiger partial charge < -0.3 is 5.11 Å². The summed E-state index contributed by atoms with van der Waals surface area (Å²) in [5.74, 6) is -1.31. The minimum Gasteiger partial charge on any atom is -0.481 e. The minimum absolute atomic E-state index is 0.178. The molecule has 1 fully saturated rings. The lowest BCUT2D eigenvalue weighted by Crippen LogP contribution is -2.39. The lowest BCUT2D eigenvalue weighted by Gasteiger charge is -2.27. The highest BCUT2D eigenvalue weighted by Crippen LogP contribution is 2.27. The monoisotopic (exact) mass is 361 g/mol. The number of hydrogen-bond donors (Lipinski definition) is 2. The predicted molar refractivity (Wildman–Crippen MR) is 77.8 cm³/mol. The van der Waals surface area contributed by atoms with Crippen LogP contribution in [0.25, 0.3) is 0 Å². The molecule has 1 aromatic carbocycles. The smallest absolute Gasteiger partial charge is 0.306 e. The van der Waals surface area contributed by atoms with E-state index in [4.69, 9.17) is 5.11 Å². The van der Waals surface area contributed by atoms with Crippen molar-refractivity contribution in [2.75, 3.05) is 0 Å². The van der Waals surface area contributed by atoms with Crippen molar-refractivity contribution in [3.05, 3.63) is 28.7 Å². The van der Waals surface area contributed by atoms with Gasteiger partial charge in [0.25, 0.3) is 0 Å². The molecule has 0 aromatic heterocycles. The van der Waals surface area contributed by atoms with E-state index in [9.17, 15) is 13.2 Å². The van der Waals surface area contributed by atoms with E-state index in [0.29, 0.717) is 23.7 Å². The lowest BCUT2D eigenvalue weighted by atomic mass is 9.86. The van der Waals surface area contributed by atoms with E-state index < -0.39 is 21.9 Å². The quantitative estimate of drug-likeness (QED) is 0.862. The van der Waals surface area contributed by atoms with Gasteiger partial charge in [-0.25, -0.2) is 13.1 Å². The summed E-state index contributed by atoms with van der Waals surface area (Å²) in [5, 5.41) is 9.03. The fourth-order valence-corrected chi connectivity index (χ4v) is 4.75. The molecule has 0 saturated heterocycles. The Morgan fingerprint density at radius 2 is 2.00 bits per heavy atom. The number of carboxylic acids is 1. The van der Waals surface area contributed by atoms with Gasteiger partial charge in [0.2, 0.25) is 10.0 Å². The Labute approximate surface area is 126 Å². The molecule has 1 aliphatic carbocycles. The Morgan fingerprint density at radius 1 is 1.30 bits per heavy atom. The van der Waals surface area contributed by atoms with E-state index in [2.05, 4.69) is 20.7 Å². The fourth-order valence-electron chi connectivity index (χ4n) is 2.47. The topological polar surface area (TPSA) is 83.5 Å². The molecule has 2 atom stereocenters. The molecule has 5 nitrogen and oxygen atoms in total. The number of rotatable bonds is 4. The van der Waals surface area contributed by atoms with Crippen LogP contribution in [-0.4, -0.2) is 25.5 Å². The van der Waals surface area contributed by atoms with Crippen molar-refractivity contribution in [3.8, 4) is 0 Å². The first-order chi connectivity index (χ1) is 9.40. The number of hydrogen-bond acceptors (Lipinski definition) is 3. The summed E-state index contributed by atoms with van der Waals surface area (Å²) >= 11 is 3.22. The van der Waals surface area contributed by atoms with Gasteiger partial charge in [-0.1, -0.05) is 18.6 Å². The molecule has 2 N–H and O–H groups in total. The lowest BCUT2D eigenvalue weighted by molar-refractivity contribution is -0.143. The van der Waals surface area contributed by atoms with Crippen LogP contribution in [0.2, 0.25) is 0 Å². The maximum atomic E-state index is 12.3. The second-order valence-corrected chi connectivity index (χ2v) is 7.49. The molecule has 1 saturated carbocycles. The molecule has 0 heterocycles. The van der Waals surface area contributed by atoms with Crippen molar-refractivity contribution in [2.24, 2.45) is 5.92 Å². The molecule has 0 spiro atoms. The maximum Gasteiger partial charge on any atom is 0.306 e. The Bertz CT molecular complexity index is 602. The predicted octanol–water partition coefficient (Wildman–Crippen LogP) is 2.37. The molecule has 0 amide bonds.